The summed E-state index contributed by atoms with van der Waals surface area (Å²) in [6, 6.07) is 6.44. The van der Waals surface area contributed by atoms with Gasteiger partial charge in [0.25, 0.3) is 0 Å². The van der Waals surface area contributed by atoms with Gasteiger partial charge in [0, 0.05) is 14.6 Å². The average molecular weight is 401 g/mol. The van der Waals surface area contributed by atoms with Crippen molar-refractivity contribution in [3.8, 4) is 0 Å². The van der Waals surface area contributed by atoms with E-state index >= 15 is 0 Å². The lowest BCUT2D eigenvalue weighted by molar-refractivity contribution is 0.112. The number of hydrogen-bond acceptors (Lipinski definition) is 3. The van der Waals surface area contributed by atoms with Crippen molar-refractivity contribution in [2.45, 2.75) is 52.4 Å². The summed E-state index contributed by atoms with van der Waals surface area (Å²) in [6.07, 6.45) is 12.3. The van der Waals surface area contributed by atoms with Crippen LogP contribution in [0.25, 0.3) is 17.2 Å². The van der Waals surface area contributed by atoms with Crippen LogP contribution in [0.3, 0.4) is 0 Å². The predicted octanol–water partition coefficient (Wildman–Crippen LogP) is 6.82. The predicted molar refractivity (Wildman–Crippen MR) is 121 cm³/mol. The van der Waals surface area contributed by atoms with Crippen LogP contribution in [0.5, 0.6) is 0 Å². The summed E-state index contributed by atoms with van der Waals surface area (Å²) in [4.78, 5) is 16.1. The fourth-order valence-corrected chi connectivity index (χ4v) is 5.46. The zero-order valence-electron chi connectivity index (χ0n) is 16.1. The van der Waals surface area contributed by atoms with Crippen LogP contribution in [0.2, 0.25) is 0 Å². The number of unbranched alkanes of at least 4 members (excludes halogenated alkanes) is 3. The third kappa shape index (κ3) is 4.95. The van der Waals surface area contributed by atoms with E-state index < -0.39 is 0 Å². The third-order valence-electron chi connectivity index (χ3n) is 4.78. The summed E-state index contributed by atoms with van der Waals surface area (Å²) in [6.45, 7) is 8.32. The Morgan fingerprint density at radius 2 is 1.96 bits per heavy atom. The third-order valence-corrected chi connectivity index (χ3v) is 7.06. The molecule has 0 atom stereocenters. The number of carbonyl (C=O) groups excluding carboxylic acids is 1. The Balaban J connectivity index is 0.00000261. The molecule has 0 aromatic carbocycles. The molecular formula is C23H28O2S2. The van der Waals surface area contributed by atoms with Crippen molar-refractivity contribution in [1.82, 2.24) is 0 Å². The molecule has 0 aliphatic heterocycles. The number of thiophene rings is 2. The van der Waals surface area contributed by atoms with E-state index in [1.54, 1.807) is 22.7 Å². The van der Waals surface area contributed by atoms with E-state index in [0.29, 0.717) is 0 Å². The lowest BCUT2D eigenvalue weighted by Crippen LogP contribution is -1.90. The van der Waals surface area contributed by atoms with Crippen molar-refractivity contribution in [1.29, 1.82) is 0 Å². The minimum atomic E-state index is 0. The quantitative estimate of drug-likeness (QED) is 0.336. The largest absolute Gasteiger partial charge is 0.412 e. The Bertz CT molecular complexity index is 865. The molecule has 0 bridgehead atoms. The van der Waals surface area contributed by atoms with Crippen molar-refractivity contribution in [3.05, 3.63) is 61.5 Å². The van der Waals surface area contributed by atoms with Gasteiger partial charge in [-0.3, -0.25) is 4.79 Å². The number of aldehydes is 1. The first-order valence-electron chi connectivity index (χ1n) is 9.37. The molecule has 0 saturated heterocycles. The minimum absolute atomic E-state index is 0. The molecule has 2 aromatic rings. The SMILES string of the molecule is C=Cc1ccc(C2=C(c3sc(C=O)cc3CCCCCC)CC(C)=C2)s1.O. The van der Waals surface area contributed by atoms with E-state index in [2.05, 4.69) is 44.7 Å². The van der Waals surface area contributed by atoms with E-state index in [9.17, 15) is 4.79 Å². The van der Waals surface area contributed by atoms with Crippen molar-refractivity contribution >= 4 is 46.2 Å². The Morgan fingerprint density at radius 1 is 1.15 bits per heavy atom. The highest BCUT2D eigenvalue weighted by Crippen LogP contribution is 2.44. The van der Waals surface area contributed by atoms with Crippen molar-refractivity contribution in [2.24, 2.45) is 0 Å². The van der Waals surface area contributed by atoms with Gasteiger partial charge < -0.3 is 5.48 Å². The smallest absolute Gasteiger partial charge is 0.160 e. The lowest BCUT2D eigenvalue weighted by atomic mass is 10.00. The van der Waals surface area contributed by atoms with E-state index in [0.717, 1.165) is 24.0 Å². The zero-order chi connectivity index (χ0) is 18.5. The van der Waals surface area contributed by atoms with Crippen LogP contribution in [-0.4, -0.2) is 11.8 Å². The van der Waals surface area contributed by atoms with Gasteiger partial charge in [-0.15, -0.1) is 22.7 Å². The van der Waals surface area contributed by atoms with Crippen molar-refractivity contribution in [2.75, 3.05) is 0 Å². The molecule has 1 aliphatic carbocycles. The maximum absolute atomic E-state index is 11.4. The number of aryl methyl sites for hydroxylation is 1. The van der Waals surface area contributed by atoms with Gasteiger partial charge in [0.2, 0.25) is 0 Å². The maximum Gasteiger partial charge on any atom is 0.160 e. The van der Waals surface area contributed by atoms with Gasteiger partial charge in [-0.2, -0.15) is 0 Å². The van der Waals surface area contributed by atoms with Crippen LogP contribution in [-0.2, 0) is 6.42 Å². The van der Waals surface area contributed by atoms with Gasteiger partial charge in [-0.05, 0) is 61.1 Å². The first kappa shape index (κ1) is 21.5. The number of rotatable bonds is 9. The van der Waals surface area contributed by atoms with Crippen LogP contribution < -0.4 is 0 Å². The van der Waals surface area contributed by atoms with Crippen LogP contribution in [0.1, 0.15) is 75.8 Å². The molecule has 0 saturated carbocycles. The molecule has 3 rings (SSSR count). The summed E-state index contributed by atoms with van der Waals surface area (Å²) < 4.78 is 0. The molecule has 4 heteroatoms. The summed E-state index contributed by atoms with van der Waals surface area (Å²) >= 11 is 3.45. The van der Waals surface area contributed by atoms with E-state index in [1.165, 1.54) is 62.6 Å². The summed E-state index contributed by atoms with van der Waals surface area (Å²) in [7, 11) is 0. The van der Waals surface area contributed by atoms with Gasteiger partial charge in [-0.1, -0.05) is 50.5 Å². The van der Waals surface area contributed by atoms with Crippen molar-refractivity contribution < 1.29 is 10.3 Å². The summed E-state index contributed by atoms with van der Waals surface area (Å²) in [5, 5.41) is 0. The second-order valence-corrected chi connectivity index (χ2v) is 9.10. The molecule has 0 radical (unpaired) electrons. The molecule has 0 spiro atoms. The van der Waals surface area contributed by atoms with Crippen LogP contribution in [0.15, 0.2) is 36.4 Å². The minimum Gasteiger partial charge on any atom is -0.412 e. The maximum atomic E-state index is 11.4. The molecular weight excluding hydrogens is 372 g/mol. The highest BCUT2D eigenvalue weighted by atomic mass is 32.1. The van der Waals surface area contributed by atoms with Gasteiger partial charge in [0.05, 0.1) is 4.88 Å². The molecule has 2 aromatic heterocycles. The standard InChI is InChI=1S/C23H26OS2.H2O/c1-4-6-7-8-9-17-14-19(15-24)26-23(17)21-13-16(3)12-20(21)22-11-10-18(5-2)25-22;/h5,10-12,14-15H,2,4,6-9,13H2,1,3H3;1H2. The van der Waals surface area contributed by atoms with E-state index in [4.69, 9.17) is 0 Å². The molecule has 1 aliphatic rings. The Morgan fingerprint density at radius 3 is 2.63 bits per heavy atom. The fraction of sp³-hybridized carbons (Fsp3) is 0.348. The summed E-state index contributed by atoms with van der Waals surface area (Å²) in [5.74, 6) is 0. The molecule has 2 heterocycles. The van der Waals surface area contributed by atoms with E-state index in [1.807, 2.05) is 6.08 Å². The van der Waals surface area contributed by atoms with Gasteiger partial charge >= 0.3 is 0 Å². The highest BCUT2D eigenvalue weighted by molar-refractivity contribution is 7.15. The fourth-order valence-electron chi connectivity index (χ4n) is 3.48. The highest BCUT2D eigenvalue weighted by Gasteiger charge is 2.22. The normalized spacial score (nSPS) is 13.5. The van der Waals surface area contributed by atoms with Gasteiger partial charge in [0.1, 0.15) is 0 Å². The van der Waals surface area contributed by atoms with Crippen LogP contribution in [0.4, 0.5) is 0 Å². The zero-order valence-corrected chi connectivity index (χ0v) is 17.8. The Kier molecular flexibility index (Phi) is 7.96. The second-order valence-electron chi connectivity index (χ2n) is 6.90. The summed E-state index contributed by atoms with van der Waals surface area (Å²) in [5.41, 5.74) is 5.46. The van der Waals surface area contributed by atoms with Crippen molar-refractivity contribution in [3.63, 3.8) is 0 Å². The number of allylic oxidation sites excluding steroid dienone is 4. The second kappa shape index (κ2) is 9.98. The molecule has 2 nitrogen and oxygen atoms in total. The van der Waals surface area contributed by atoms with Gasteiger partial charge in [0.15, 0.2) is 6.29 Å². The molecule has 144 valence electrons. The van der Waals surface area contributed by atoms with Crippen LogP contribution in [0, 0.1) is 0 Å². The average Bonchev–Trinajstić information content (AvgIpc) is 3.35. The number of hydrogen-bond donors (Lipinski definition) is 0. The van der Waals surface area contributed by atoms with Gasteiger partial charge in [-0.25, -0.2) is 0 Å². The van der Waals surface area contributed by atoms with E-state index in [-0.39, 0.29) is 5.48 Å². The van der Waals surface area contributed by atoms with Crippen LogP contribution >= 0.6 is 22.7 Å². The molecule has 0 fully saturated rings. The topological polar surface area (TPSA) is 48.6 Å². The number of carbonyl (C=O) groups is 1. The first-order valence-corrected chi connectivity index (χ1v) is 11.0. The molecule has 0 unspecified atom stereocenters. The molecule has 27 heavy (non-hydrogen) atoms. The molecule has 0 amide bonds. The molecule has 2 N–H and O–H groups in total. The Hall–Kier alpha value is -1.75. The monoisotopic (exact) mass is 400 g/mol. The lowest BCUT2D eigenvalue weighted by Gasteiger charge is -2.08. The Labute approximate surface area is 170 Å². The first-order chi connectivity index (χ1) is 12.7.